The molecule has 0 unspecified atom stereocenters. The van der Waals surface area contributed by atoms with Crippen LogP contribution in [0.25, 0.3) is 11.1 Å². The first-order valence-corrected chi connectivity index (χ1v) is 7.67. The van der Waals surface area contributed by atoms with Gasteiger partial charge >= 0.3 is 0 Å². The van der Waals surface area contributed by atoms with Gasteiger partial charge in [-0.3, -0.25) is 0 Å². The summed E-state index contributed by atoms with van der Waals surface area (Å²) in [4.78, 5) is 0. The summed E-state index contributed by atoms with van der Waals surface area (Å²) >= 11 is 0. The third-order valence-corrected chi connectivity index (χ3v) is 3.82. The Bertz CT molecular complexity index is 559. The van der Waals surface area contributed by atoms with Crippen molar-refractivity contribution in [1.82, 2.24) is 0 Å². The van der Waals surface area contributed by atoms with Crippen molar-refractivity contribution in [2.75, 3.05) is 0 Å². The van der Waals surface area contributed by atoms with Gasteiger partial charge < -0.3 is 0 Å². The maximum atomic E-state index is 2.31. The van der Waals surface area contributed by atoms with Crippen LogP contribution < -0.4 is 0 Å². The molecule has 0 bridgehead atoms. The van der Waals surface area contributed by atoms with Crippen molar-refractivity contribution >= 4 is 0 Å². The number of hydrogen-bond acceptors (Lipinski definition) is 0. The third-order valence-electron chi connectivity index (χ3n) is 3.82. The molecule has 0 amide bonds. The Morgan fingerprint density at radius 2 is 1.38 bits per heavy atom. The van der Waals surface area contributed by atoms with Gasteiger partial charge in [-0.2, -0.15) is 0 Å². The Morgan fingerprint density at radius 3 is 1.86 bits per heavy atom. The summed E-state index contributed by atoms with van der Waals surface area (Å²) in [6.45, 7) is 11.3. The van der Waals surface area contributed by atoms with Gasteiger partial charge in [0.2, 0.25) is 0 Å². The van der Waals surface area contributed by atoms with Gasteiger partial charge in [0.15, 0.2) is 0 Å². The highest BCUT2D eigenvalue weighted by Crippen LogP contribution is 2.26. The SMILES string of the molecule is C.Cc1cc(-c2ccc(CC(C)C)cc2)ccc1C(C)C. The van der Waals surface area contributed by atoms with Crippen LogP contribution in [0.3, 0.4) is 0 Å². The Labute approximate surface area is 131 Å². The molecule has 0 N–H and O–H groups in total. The Kier molecular flexibility index (Phi) is 6.20. The summed E-state index contributed by atoms with van der Waals surface area (Å²) in [5.74, 6) is 1.31. The fourth-order valence-corrected chi connectivity index (χ4v) is 2.81. The predicted octanol–water partition coefficient (Wildman–Crippen LogP) is 6.62. The van der Waals surface area contributed by atoms with E-state index >= 15 is 0 Å². The second kappa shape index (κ2) is 7.45. The minimum atomic E-state index is 0. The molecule has 114 valence electrons. The summed E-state index contributed by atoms with van der Waals surface area (Å²) in [6.07, 6.45) is 1.16. The molecular weight excluding hydrogens is 252 g/mol. The smallest absolute Gasteiger partial charge is 0.0181 e. The highest BCUT2D eigenvalue weighted by molar-refractivity contribution is 5.65. The van der Waals surface area contributed by atoms with Gasteiger partial charge in [0.25, 0.3) is 0 Å². The highest BCUT2D eigenvalue weighted by atomic mass is 14.1. The van der Waals surface area contributed by atoms with E-state index in [-0.39, 0.29) is 7.43 Å². The fourth-order valence-electron chi connectivity index (χ4n) is 2.81. The summed E-state index contributed by atoms with van der Waals surface area (Å²) in [7, 11) is 0. The highest BCUT2D eigenvalue weighted by Gasteiger charge is 2.06. The molecule has 0 fully saturated rings. The van der Waals surface area contributed by atoms with Gasteiger partial charge in [-0.25, -0.2) is 0 Å². The zero-order valence-electron chi connectivity index (χ0n) is 13.4. The van der Waals surface area contributed by atoms with E-state index < -0.39 is 0 Å². The van der Waals surface area contributed by atoms with Crippen LogP contribution in [0.5, 0.6) is 0 Å². The van der Waals surface area contributed by atoms with Gasteiger partial charge in [0.05, 0.1) is 0 Å². The molecule has 0 aliphatic carbocycles. The van der Waals surface area contributed by atoms with E-state index in [1.54, 1.807) is 0 Å². The van der Waals surface area contributed by atoms with Crippen LogP contribution in [-0.4, -0.2) is 0 Å². The maximum Gasteiger partial charge on any atom is -0.0181 e. The molecule has 0 radical (unpaired) electrons. The van der Waals surface area contributed by atoms with Crippen LogP contribution in [0.4, 0.5) is 0 Å². The second-order valence-corrected chi connectivity index (χ2v) is 6.52. The largest absolute Gasteiger partial charge is 0.0776 e. The summed E-state index contributed by atoms with van der Waals surface area (Å²) < 4.78 is 0. The number of hydrogen-bond donors (Lipinski definition) is 0. The zero-order valence-corrected chi connectivity index (χ0v) is 13.4. The van der Waals surface area contributed by atoms with E-state index in [1.807, 2.05) is 0 Å². The lowest BCUT2D eigenvalue weighted by Crippen LogP contribution is -1.94. The van der Waals surface area contributed by atoms with Crippen molar-refractivity contribution < 1.29 is 0 Å². The van der Waals surface area contributed by atoms with E-state index in [0.29, 0.717) is 11.8 Å². The molecule has 2 rings (SSSR count). The summed E-state index contributed by atoms with van der Waals surface area (Å²) in [5.41, 5.74) is 6.91. The number of aryl methyl sites for hydroxylation is 1. The lowest BCUT2D eigenvalue weighted by atomic mass is 9.93. The molecule has 0 aliphatic rings. The Morgan fingerprint density at radius 1 is 0.810 bits per heavy atom. The molecule has 0 saturated heterocycles. The lowest BCUT2D eigenvalue weighted by Gasteiger charge is -2.12. The van der Waals surface area contributed by atoms with E-state index in [2.05, 4.69) is 77.1 Å². The first kappa shape index (κ1) is 17.5. The minimum absolute atomic E-state index is 0. The van der Waals surface area contributed by atoms with E-state index in [9.17, 15) is 0 Å². The third kappa shape index (κ3) is 4.46. The molecule has 0 nitrogen and oxygen atoms in total. The van der Waals surface area contributed by atoms with E-state index in [4.69, 9.17) is 0 Å². The molecule has 0 aliphatic heterocycles. The average molecular weight is 282 g/mol. The van der Waals surface area contributed by atoms with Crippen LogP contribution in [0.2, 0.25) is 0 Å². The van der Waals surface area contributed by atoms with E-state index in [0.717, 1.165) is 6.42 Å². The maximum absolute atomic E-state index is 2.31. The number of rotatable bonds is 4. The van der Waals surface area contributed by atoms with Gasteiger partial charge in [-0.15, -0.1) is 0 Å². The first-order chi connectivity index (χ1) is 9.47. The quantitative estimate of drug-likeness (QED) is 0.591. The van der Waals surface area contributed by atoms with Crippen LogP contribution in [0.1, 0.15) is 57.7 Å². The van der Waals surface area contributed by atoms with Crippen molar-refractivity contribution in [2.24, 2.45) is 5.92 Å². The molecule has 2 aromatic rings. The molecule has 0 atom stereocenters. The fraction of sp³-hybridized carbons (Fsp3) is 0.429. The Balaban J connectivity index is 0.00000220. The van der Waals surface area contributed by atoms with Crippen molar-refractivity contribution in [2.45, 2.75) is 54.4 Å². The van der Waals surface area contributed by atoms with Crippen molar-refractivity contribution in [1.29, 1.82) is 0 Å². The van der Waals surface area contributed by atoms with Gasteiger partial charge in [0.1, 0.15) is 0 Å². The monoisotopic (exact) mass is 282 g/mol. The van der Waals surface area contributed by atoms with Crippen LogP contribution in [0.15, 0.2) is 42.5 Å². The molecule has 21 heavy (non-hydrogen) atoms. The Hall–Kier alpha value is -1.56. The van der Waals surface area contributed by atoms with Gasteiger partial charge in [-0.05, 0) is 53.0 Å². The first-order valence-electron chi connectivity index (χ1n) is 7.67. The molecule has 0 heterocycles. The zero-order chi connectivity index (χ0) is 14.7. The average Bonchev–Trinajstić information content (AvgIpc) is 2.38. The molecule has 2 aromatic carbocycles. The topological polar surface area (TPSA) is 0 Å². The van der Waals surface area contributed by atoms with Crippen molar-refractivity contribution in [3.05, 3.63) is 59.2 Å². The predicted molar refractivity (Wildman–Crippen MR) is 96.0 cm³/mol. The summed E-state index contributed by atoms with van der Waals surface area (Å²) in [5, 5.41) is 0. The summed E-state index contributed by atoms with van der Waals surface area (Å²) in [6, 6.07) is 15.9. The standard InChI is InChI=1S/C20H26.CH4/c1-14(2)12-17-6-8-18(9-7-17)19-10-11-20(15(3)4)16(5)13-19;/h6-11,13-15H,12H2,1-5H3;1H4. The normalized spacial score (nSPS) is 10.8. The molecule has 0 spiro atoms. The molecule has 0 heteroatoms. The van der Waals surface area contributed by atoms with E-state index in [1.165, 1.54) is 27.8 Å². The van der Waals surface area contributed by atoms with Crippen LogP contribution in [-0.2, 0) is 6.42 Å². The van der Waals surface area contributed by atoms with Crippen LogP contribution in [0, 0.1) is 12.8 Å². The van der Waals surface area contributed by atoms with Gasteiger partial charge in [-0.1, -0.05) is 77.6 Å². The molecule has 0 aromatic heterocycles. The second-order valence-electron chi connectivity index (χ2n) is 6.52. The molecular formula is C21H30. The number of benzene rings is 2. The van der Waals surface area contributed by atoms with Crippen molar-refractivity contribution in [3.63, 3.8) is 0 Å². The lowest BCUT2D eigenvalue weighted by molar-refractivity contribution is 0.647. The van der Waals surface area contributed by atoms with Gasteiger partial charge in [0, 0.05) is 0 Å². The van der Waals surface area contributed by atoms with Crippen molar-refractivity contribution in [3.8, 4) is 11.1 Å². The van der Waals surface area contributed by atoms with Crippen LogP contribution >= 0.6 is 0 Å². The molecule has 0 saturated carbocycles. The minimum Gasteiger partial charge on any atom is -0.0776 e.